The molecule has 1 atom stereocenters. The number of amides is 1. The molecule has 118 valence electrons. The van der Waals surface area contributed by atoms with E-state index in [2.05, 4.69) is 24.5 Å². The van der Waals surface area contributed by atoms with Gasteiger partial charge in [-0.05, 0) is 57.0 Å². The molecule has 1 fully saturated rings. The van der Waals surface area contributed by atoms with Crippen LogP contribution in [0.2, 0.25) is 0 Å². The van der Waals surface area contributed by atoms with Gasteiger partial charge in [-0.15, -0.1) is 0 Å². The van der Waals surface area contributed by atoms with Crippen LogP contribution in [0.25, 0.3) is 0 Å². The molecule has 2 N–H and O–H groups in total. The van der Waals surface area contributed by atoms with E-state index in [1.54, 1.807) is 0 Å². The van der Waals surface area contributed by atoms with E-state index in [4.69, 9.17) is 0 Å². The van der Waals surface area contributed by atoms with Gasteiger partial charge in [0.2, 0.25) is 5.91 Å². The largest absolute Gasteiger partial charge is 0.356 e. The number of hydrogen-bond acceptors (Lipinski definition) is 2. The third kappa shape index (κ3) is 7.88. The lowest BCUT2D eigenvalue weighted by Crippen LogP contribution is -2.31. The highest BCUT2D eigenvalue weighted by Crippen LogP contribution is 2.18. The molecule has 1 saturated heterocycles. The predicted molar refractivity (Wildman–Crippen MR) is 85.8 cm³/mol. The average molecular weight is 282 g/mol. The van der Waals surface area contributed by atoms with Crippen LogP contribution in [-0.2, 0) is 4.79 Å². The minimum absolute atomic E-state index is 0.265. The quantitative estimate of drug-likeness (QED) is 0.644. The highest BCUT2D eigenvalue weighted by molar-refractivity contribution is 5.75. The molecule has 20 heavy (non-hydrogen) atoms. The molecule has 3 nitrogen and oxygen atoms in total. The Bertz CT molecular complexity index is 249. The lowest BCUT2D eigenvalue weighted by molar-refractivity contribution is -0.121. The fourth-order valence-electron chi connectivity index (χ4n) is 3.10. The SMILES string of the molecule is CCCCC(CCC)CNC(=O)CCC1CCNCC1. The van der Waals surface area contributed by atoms with E-state index in [1.807, 2.05) is 0 Å². The van der Waals surface area contributed by atoms with Gasteiger partial charge in [-0.25, -0.2) is 0 Å². The van der Waals surface area contributed by atoms with Crippen molar-refractivity contribution in [1.82, 2.24) is 10.6 Å². The van der Waals surface area contributed by atoms with Crippen LogP contribution in [0.4, 0.5) is 0 Å². The van der Waals surface area contributed by atoms with Gasteiger partial charge in [-0.3, -0.25) is 4.79 Å². The molecule has 0 aliphatic carbocycles. The Kier molecular flexibility index (Phi) is 9.73. The molecular formula is C17H34N2O. The zero-order valence-electron chi connectivity index (χ0n) is 13.5. The topological polar surface area (TPSA) is 41.1 Å². The van der Waals surface area contributed by atoms with Crippen molar-refractivity contribution in [3.05, 3.63) is 0 Å². The van der Waals surface area contributed by atoms with Crippen molar-refractivity contribution in [2.45, 2.75) is 71.6 Å². The summed E-state index contributed by atoms with van der Waals surface area (Å²) in [5, 5.41) is 6.54. The Morgan fingerprint density at radius 1 is 1.20 bits per heavy atom. The van der Waals surface area contributed by atoms with Crippen molar-refractivity contribution >= 4 is 5.91 Å². The number of hydrogen-bond donors (Lipinski definition) is 2. The number of rotatable bonds is 10. The first-order valence-electron chi connectivity index (χ1n) is 8.73. The summed E-state index contributed by atoms with van der Waals surface area (Å²) in [5.41, 5.74) is 0. The van der Waals surface area contributed by atoms with E-state index in [1.165, 1.54) is 44.9 Å². The summed E-state index contributed by atoms with van der Waals surface area (Å²) >= 11 is 0. The minimum Gasteiger partial charge on any atom is -0.356 e. The molecule has 0 radical (unpaired) electrons. The predicted octanol–water partition coefficient (Wildman–Crippen LogP) is 3.49. The molecule has 0 saturated carbocycles. The summed E-state index contributed by atoms with van der Waals surface area (Å²) in [6.07, 6.45) is 10.5. The van der Waals surface area contributed by atoms with Crippen molar-refractivity contribution in [2.75, 3.05) is 19.6 Å². The third-order valence-electron chi connectivity index (χ3n) is 4.49. The van der Waals surface area contributed by atoms with Crippen LogP contribution in [-0.4, -0.2) is 25.5 Å². The number of unbranched alkanes of at least 4 members (excludes halogenated alkanes) is 1. The van der Waals surface area contributed by atoms with E-state index in [-0.39, 0.29) is 5.91 Å². The van der Waals surface area contributed by atoms with Crippen LogP contribution in [0, 0.1) is 11.8 Å². The molecule has 0 bridgehead atoms. The highest BCUT2D eigenvalue weighted by Gasteiger charge is 2.15. The fourth-order valence-corrected chi connectivity index (χ4v) is 3.10. The molecule has 1 amide bonds. The first-order chi connectivity index (χ1) is 9.76. The molecule has 0 aromatic heterocycles. The van der Waals surface area contributed by atoms with Crippen molar-refractivity contribution in [1.29, 1.82) is 0 Å². The maximum Gasteiger partial charge on any atom is 0.220 e. The van der Waals surface area contributed by atoms with E-state index >= 15 is 0 Å². The van der Waals surface area contributed by atoms with Gasteiger partial charge in [0.15, 0.2) is 0 Å². The van der Waals surface area contributed by atoms with Gasteiger partial charge >= 0.3 is 0 Å². The Labute approximate surface area is 125 Å². The normalized spacial score (nSPS) is 17.9. The van der Waals surface area contributed by atoms with Crippen LogP contribution >= 0.6 is 0 Å². The van der Waals surface area contributed by atoms with Gasteiger partial charge in [0.25, 0.3) is 0 Å². The minimum atomic E-state index is 0.265. The van der Waals surface area contributed by atoms with Crippen LogP contribution in [0.15, 0.2) is 0 Å². The van der Waals surface area contributed by atoms with Gasteiger partial charge in [0.1, 0.15) is 0 Å². The van der Waals surface area contributed by atoms with Gasteiger partial charge in [-0.1, -0.05) is 33.1 Å². The zero-order valence-corrected chi connectivity index (χ0v) is 13.5. The number of carbonyl (C=O) groups excluding carboxylic acids is 1. The Balaban J connectivity index is 2.12. The number of nitrogens with one attached hydrogen (secondary N) is 2. The standard InChI is InChI=1S/C17H34N2O/c1-3-5-7-16(6-4-2)14-19-17(20)9-8-15-10-12-18-13-11-15/h15-16,18H,3-14H2,1-2H3,(H,19,20). The van der Waals surface area contributed by atoms with E-state index in [0.717, 1.165) is 38.4 Å². The smallest absolute Gasteiger partial charge is 0.220 e. The molecule has 1 heterocycles. The fraction of sp³-hybridized carbons (Fsp3) is 0.941. The molecule has 0 aromatic carbocycles. The number of piperidine rings is 1. The molecule has 0 spiro atoms. The second-order valence-corrected chi connectivity index (χ2v) is 6.33. The summed E-state index contributed by atoms with van der Waals surface area (Å²) in [6, 6.07) is 0. The van der Waals surface area contributed by atoms with Crippen LogP contribution < -0.4 is 10.6 Å². The van der Waals surface area contributed by atoms with E-state index < -0.39 is 0 Å². The first kappa shape index (κ1) is 17.5. The van der Waals surface area contributed by atoms with Gasteiger partial charge in [-0.2, -0.15) is 0 Å². The maximum absolute atomic E-state index is 11.9. The lowest BCUT2D eigenvalue weighted by Gasteiger charge is -2.22. The summed E-state index contributed by atoms with van der Waals surface area (Å²) in [7, 11) is 0. The highest BCUT2D eigenvalue weighted by atomic mass is 16.1. The van der Waals surface area contributed by atoms with Crippen LogP contribution in [0.3, 0.4) is 0 Å². The lowest BCUT2D eigenvalue weighted by atomic mass is 9.93. The first-order valence-corrected chi connectivity index (χ1v) is 8.73. The Hall–Kier alpha value is -0.570. The summed E-state index contributed by atoms with van der Waals surface area (Å²) in [4.78, 5) is 11.9. The molecule has 0 aromatic rings. The maximum atomic E-state index is 11.9. The van der Waals surface area contributed by atoms with Crippen molar-refractivity contribution in [2.24, 2.45) is 11.8 Å². The third-order valence-corrected chi connectivity index (χ3v) is 4.49. The van der Waals surface area contributed by atoms with E-state index in [0.29, 0.717) is 5.92 Å². The van der Waals surface area contributed by atoms with Gasteiger partial charge in [0.05, 0.1) is 0 Å². The zero-order chi connectivity index (χ0) is 14.6. The molecule has 1 rings (SSSR count). The number of carbonyl (C=O) groups is 1. The average Bonchev–Trinajstić information content (AvgIpc) is 2.49. The Morgan fingerprint density at radius 3 is 2.60 bits per heavy atom. The molecular weight excluding hydrogens is 248 g/mol. The second-order valence-electron chi connectivity index (χ2n) is 6.33. The van der Waals surface area contributed by atoms with Crippen molar-refractivity contribution in [3.8, 4) is 0 Å². The monoisotopic (exact) mass is 282 g/mol. The second kappa shape index (κ2) is 11.1. The summed E-state index contributed by atoms with van der Waals surface area (Å²) < 4.78 is 0. The summed E-state index contributed by atoms with van der Waals surface area (Å²) in [5.74, 6) is 1.71. The van der Waals surface area contributed by atoms with Gasteiger partial charge < -0.3 is 10.6 Å². The van der Waals surface area contributed by atoms with Crippen LogP contribution in [0.1, 0.15) is 71.6 Å². The Morgan fingerprint density at radius 2 is 1.95 bits per heavy atom. The van der Waals surface area contributed by atoms with Crippen molar-refractivity contribution < 1.29 is 4.79 Å². The molecule has 3 heteroatoms. The van der Waals surface area contributed by atoms with Crippen molar-refractivity contribution in [3.63, 3.8) is 0 Å². The molecule has 1 aliphatic heterocycles. The van der Waals surface area contributed by atoms with Gasteiger partial charge in [0, 0.05) is 13.0 Å². The summed E-state index contributed by atoms with van der Waals surface area (Å²) in [6.45, 7) is 7.61. The molecule has 1 aliphatic rings. The van der Waals surface area contributed by atoms with E-state index in [9.17, 15) is 4.79 Å². The van der Waals surface area contributed by atoms with Crippen LogP contribution in [0.5, 0.6) is 0 Å². The molecule has 1 unspecified atom stereocenters.